The van der Waals surface area contributed by atoms with Gasteiger partial charge >= 0.3 is 0 Å². The standard InChI is InChI=1S/C12H13ClO/c1-9-5-3-4-6-11(9)7-12(8-13)10(2)14/h3-7H,8H2,1-2H3/b12-7+. The number of halogens is 1. The first-order valence-corrected chi connectivity index (χ1v) is 5.01. The molecule has 0 bridgehead atoms. The second-order valence-electron chi connectivity index (χ2n) is 3.22. The SMILES string of the molecule is CC(=O)/C(=C/c1ccccc1C)CCl. The molecule has 74 valence electrons. The summed E-state index contributed by atoms with van der Waals surface area (Å²) in [5, 5.41) is 0. The van der Waals surface area contributed by atoms with Gasteiger partial charge in [0.15, 0.2) is 5.78 Å². The average molecular weight is 209 g/mol. The summed E-state index contributed by atoms with van der Waals surface area (Å²) in [5.41, 5.74) is 2.86. The van der Waals surface area contributed by atoms with Crippen LogP contribution >= 0.6 is 11.6 Å². The van der Waals surface area contributed by atoms with Crippen molar-refractivity contribution >= 4 is 23.5 Å². The second-order valence-corrected chi connectivity index (χ2v) is 3.48. The summed E-state index contributed by atoms with van der Waals surface area (Å²) in [5.74, 6) is 0.298. The maximum absolute atomic E-state index is 11.1. The summed E-state index contributed by atoms with van der Waals surface area (Å²) in [6.45, 7) is 3.55. The van der Waals surface area contributed by atoms with Crippen molar-refractivity contribution < 1.29 is 4.79 Å². The minimum Gasteiger partial charge on any atom is -0.295 e. The van der Waals surface area contributed by atoms with E-state index in [4.69, 9.17) is 11.6 Å². The first-order valence-electron chi connectivity index (χ1n) is 4.48. The molecule has 1 aromatic carbocycles. The summed E-state index contributed by atoms with van der Waals surface area (Å²) < 4.78 is 0. The summed E-state index contributed by atoms with van der Waals surface area (Å²) >= 11 is 5.68. The number of ketones is 1. The lowest BCUT2D eigenvalue weighted by atomic mass is 10.0. The van der Waals surface area contributed by atoms with Crippen LogP contribution in [0.1, 0.15) is 18.1 Å². The van der Waals surface area contributed by atoms with Gasteiger partial charge in [0.2, 0.25) is 0 Å². The molecular weight excluding hydrogens is 196 g/mol. The molecule has 0 N–H and O–H groups in total. The summed E-state index contributed by atoms with van der Waals surface area (Å²) in [4.78, 5) is 11.1. The average Bonchev–Trinajstić information content (AvgIpc) is 2.16. The number of aryl methyl sites for hydroxylation is 1. The van der Waals surface area contributed by atoms with Crippen LogP contribution in [-0.2, 0) is 4.79 Å². The molecule has 1 rings (SSSR count). The minimum absolute atomic E-state index is 0.0308. The molecule has 0 radical (unpaired) electrons. The monoisotopic (exact) mass is 208 g/mol. The fourth-order valence-electron chi connectivity index (χ4n) is 1.17. The van der Waals surface area contributed by atoms with E-state index in [1.807, 2.05) is 37.3 Å². The number of Topliss-reactive ketones (excluding diaryl/α,β-unsaturated/α-hetero) is 1. The molecule has 0 atom stereocenters. The van der Waals surface area contributed by atoms with E-state index in [2.05, 4.69) is 0 Å². The van der Waals surface area contributed by atoms with Gasteiger partial charge in [0.1, 0.15) is 0 Å². The zero-order chi connectivity index (χ0) is 10.6. The van der Waals surface area contributed by atoms with Crippen LogP contribution in [0.3, 0.4) is 0 Å². The van der Waals surface area contributed by atoms with Crippen molar-refractivity contribution in [3.8, 4) is 0 Å². The smallest absolute Gasteiger partial charge is 0.157 e. The van der Waals surface area contributed by atoms with Gasteiger partial charge in [-0.25, -0.2) is 0 Å². The molecule has 1 aromatic rings. The van der Waals surface area contributed by atoms with Gasteiger partial charge in [-0.1, -0.05) is 24.3 Å². The molecule has 0 aliphatic carbocycles. The van der Waals surface area contributed by atoms with E-state index in [1.54, 1.807) is 0 Å². The number of hydrogen-bond donors (Lipinski definition) is 0. The zero-order valence-corrected chi connectivity index (χ0v) is 9.14. The van der Waals surface area contributed by atoms with Crippen molar-refractivity contribution in [3.63, 3.8) is 0 Å². The molecule has 0 saturated heterocycles. The lowest BCUT2D eigenvalue weighted by molar-refractivity contribution is -0.113. The Hall–Kier alpha value is -1.08. The van der Waals surface area contributed by atoms with E-state index in [0.29, 0.717) is 5.57 Å². The Labute approximate surface area is 89.4 Å². The molecule has 0 aromatic heterocycles. The molecule has 0 amide bonds. The van der Waals surface area contributed by atoms with Crippen LogP contribution in [0.25, 0.3) is 6.08 Å². The van der Waals surface area contributed by atoms with Gasteiger partial charge in [0.05, 0.1) is 5.88 Å². The van der Waals surface area contributed by atoms with E-state index in [0.717, 1.165) is 11.1 Å². The molecule has 1 nitrogen and oxygen atoms in total. The molecule has 0 saturated carbocycles. The number of carbonyl (C=O) groups is 1. The van der Waals surface area contributed by atoms with Gasteiger partial charge in [0, 0.05) is 5.57 Å². The van der Waals surface area contributed by atoms with E-state index in [-0.39, 0.29) is 11.7 Å². The van der Waals surface area contributed by atoms with E-state index in [1.165, 1.54) is 6.92 Å². The molecular formula is C12H13ClO. The number of allylic oxidation sites excluding steroid dienone is 1. The Bertz CT molecular complexity index is 366. The van der Waals surface area contributed by atoms with Gasteiger partial charge in [0.25, 0.3) is 0 Å². The number of alkyl halides is 1. The van der Waals surface area contributed by atoms with Crippen molar-refractivity contribution in [1.82, 2.24) is 0 Å². The Morgan fingerprint density at radius 3 is 2.57 bits per heavy atom. The van der Waals surface area contributed by atoms with E-state index < -0.39 is 0 Å². The van der Waals surface area contributed by atoms with Crippen LogP contribution in [0.5, 0.6) is 0 Å². The second kappa shape index (κ2) is 4.97. The maximum Gasteiger partial charge on any atom is 0.157 e. The summed E-state index contributed by atoms with van der Waals surface area (Å²) in [6, 6.07) is 7.91. The lowest BCUT2D eigenvalue weighted by Gasteiger charge is -2.01. The molecule has 0 heterocycles. The molecule has 0 spiro atoms. The first kappa shape index (κ1) is 11.0. The highest BCUT2D eigenvalue weighted by atomic mass is 35.5. The maximum atomic E-state index is 11.1. The summed E-state index contributed by atoms with van der Waals surface area (Å²) in [6.07, 6.45) is 1.85. The normalized spacial score (nSPS) is 11.5. The highest BCUT2D eigenvalue weighted by Gasteiger charge is 2.02. The Morgan fingerprint density at radius 1 is 1.43 bits per heavy atom. The number of carbonyl (C=O) groups excluding carboxylic acids is 1. The predicted octanol–water partition coefficient (Wildman–Crippen LogP) is 3.21. The van der Waals surface area contributed by atoms with Crippen molar-refractivity contribution in [2.75, 3.05) is 5.88 Å². The third kappa shape index (κ3) is 2.71. The third-order valence-corrected chi connectivity index (χ3v) is 2.40. The topological polar surface area (TPSA) is 17.1 Å². The Kier molecular flexibility index (Phi) is 3.90. The van der Waals surface area contributed by atoms with Gasteiger partial charge < -0.3 is 0 Å². The minimum atomic E-state index is 0.0308. The number of benzene rings is 1. The molecule has 0 aliphatic rings. The zero-order valence-electron chi connectivity index (χ0n) is 8.38. The van der Waals surface area contributed by atoms with Gasteiger partial charge in [-0.2, -0.15) is 0 Å². The highest BCUT2D eigenvalue weighted by molar-refractivity contribution is 6.23. The molecule has 2 heteroatoms. The van der Waals surface area contributed by atoms with Crippen LogP contribution in [0, 0.1) is 6.92 Å². The predicted molar refractivity (Wildman–Crippen MR) is 60.6 cm³/mol. The van der Waals surface area contributed by atoms with Crippen molar-refractivity contribution in [3.05, 3.63) is 41.0 Å². The molecule has 0 unspecified atom stereocenters. The molecule has 0 aliphatic heterocycles. The third-order valence-electron chi connectivity index (χ3n) is 2.11. The van der Waals surface area contributed by atoms with Crippen LogP contribution < -0.4 is 0 Å². The number of hydrogen-bond acceptors (Lipinski definition) is 1. The van der Waals surface area contributed by atoms with Gasteiger partial charge in [-0.05, 0) is 31.1 Å². The van der Waals surface area contributed by atoms with Gasteiger partial charge in [-0.15, -0.1) is 11.6 Å². The molecule has 14 heavy (non-hydrogen) atoms. The summed E-state index contributed by atoms with van der Waals surface area (Å²) in [7, 11) is 0. The van der Waals surface area contributed by atoms with E-state index in [9.17, 15) is 4.79 Å². The largest absolute Gasteiger partial charge is 0.295 e. The van der Waals surface area contributed by atoms with Gasteiger partial charge in [-0.3, -0.25) is 4.79 Å². The quantitative estimate of drug-likeness (QED) is 0.551. The van der Waals surface area contributed by atoms with Crippen molar-refractivity contribution in [2.45, 2.75) is 13.8 Å². The Morgan fingerprint density at radius 2 is 2.07 bits per heavy atom. The van der Waals surface area contributed by atoms with Crippen LogP contribution in [0.4, 0.5) is 0 Å². The van der Waals surface area contributed by atoms with Crippen molar-refractivity contribution in [2.24, 2.45) is 0 Å². The van der Waals surface area contributed by atoms with Crippen molar-refractivity contribution in [1.29, 1.82) is 0 Å². The Balaban J connectivity index is 3.07. The molecule has 0 fully saturated rings. The van der Waals surface area contributed by atoms with Crippen LogP contribution in [0.15, 0.2) is 29.8 Å². The number of rotatable bonds is 3. The highest BCUT2D eigenvalue weighted by Crippen LogP contribution is 2.13. The van der Waals surface area contributed by atoms with E-state index >= 15 is 0 Å². The first-order chi connectivity index (χ1) is 6.65. The van der Waals surface area contributed by atoms with Crippen LogP contribution in [0.2, 0.25) is 0 Å². The lowest BCUT2D eigenvalue weighted by Crippen LogP contribution is -1.97. The fourth-order valence-corrected chi connectivity index (χ4v) is 1.44. The fraction of sp³-hybridized carbons (Fsp3) is 0.250. The van der Waals surface area contributed by atoms with Crippen LogP contribution in [-0.4, -0.2) is 11.7 Å².